The van der Waals surface area contributed by atoms with Gasteiger partial charge in [0.15, 0.2) is 0 Å². The van der Waals surface area contributed by atoms with Crippen molar-refractivity contribution < 1.29 is 24.1 Å². The van der Waals surface area contributed by atoms with Crippen LogP contribution in [0.15, 0.2) is 18.2 Å². The molecule has 196 valence electrons. The second-order valence-corrected chi connectivity index (χ2v) is 10.7. The summed E-state index contributed by atoms with van der Waals surface area (Å²) in [5.41, 5.74) is 3.01. The van der Waals surface area contributed by atoms with Crippen LogP contribution in [0.1, 0.15) is 62.5 Å². The van der Waals surface area contributed by atoms with Gasteiger partial charge in [-0.1, -0.05) is 13.0 Å². The first-order valence-corrected chi connectivity index (χ1v) is 13.5. The second kappa shape index (κ2) is 12.5. The normalized spacial score (nSPS) is 29.2. The summed E-state index contributed by atoms with van der Waals surface area (Å²) in [7, 11) is 1.89. The van der Waals surface area contributed by atoms with Crippen LogP contribution in [0.2, 0.25) is 0 Å². The standard InChI is InChI=1S/C28H44N2O5/c1-28-11-9-23-22-6-4-21(19-20(22)3-5-24(23)25(28)7-8-26(28)31)35-14-10-27(32)30-13-16-34-18-17-33-15-12-29-2/h4,6,19,23-26,29,31H,3,5,7-18H2,1-2H3,(H,30,32). The lowest BCUT2D eigenvalue weighted by Gasteiger charge is -2.50. The predicted molar refractivity (Wildman–Crippen MR) is 136 cm³/mol. The molecule has 0 aromatic heterocycles. The number of carbonyl (C=O) groups excluding carboxylic acids is 1. The number of likely N-dealkylation sites (N-methyl/N-ethyl adjacent to an activating group) is 1. The third-order valence-corrected chi connectivity index (χ3v) is 8.68. The van der Waals surface area contributed by atoms with Gasteiger partial charge in [-0.05, 0) is 92.0 Å². The largest absolute Gasteiger partial charge is 0.493 e. The number of amides is 1. The van der Waals surface area contributed by atoms with Gasteiger partial charge >= 0.3 is 0 Å². The molecule has 3 aliphatic rings. The number of aliphatic hydroxyl groups is 1. The summed E-state index contributed by atoms with van der Waals surface area (Å²) in [5, 5.41) is 16.5. The number of benzene rings is 1. The summed E-state index contributed by atoms with van der Waals surface area (Å²) < 4.78 is 16.8. The highest BCUT2D eigenvalue weighted by molar-refractivity contribution is 5.75. The van der Waals surface area contributed by atoms with Gasteiger partial charge in [0.05, 0.1) is 45.6 Å². The molecule has 35 heavy (non-hydrogen) atoms. The zero-order valence-electron chi connectivity index (χ0n) is 21.5. The molecule has 0 bridgehead atoms. The third-order valence-electron chi connectivity index (χ3n) is 8.68. The molecule has 4 rings (SSSR count). The lowest BCUT2D eigenvalue weighted by atomic mass is 9.55. The minimum absolute atomic E-state index is 0.0244. The molecule has 3 N–H and O–H groups in total. The number of carbonyl (C=O) groups is 1. The number of aliphatic hydroxyl groups excluding tert-OH is 1. The van der Waals surface area contributed by atoms with Gasteiger partial charge in [-0.15, -0.1) is 0 Å². The molecule has 7 heteroatoms. The molecule has 2 fully saturated rings. The van der Waals surface area contributed by atoms with Gasteiger partial charge in [0.25, 0.3) is 0 Å². The Labute approximate surface area is 210 Å². The first-order valence-electron chi connectivity index (χ1n) is 13.5. The van der Waals surface area contributed by atoms with E-state index in [1.165, 1.54) is 30.4 Å². The molecule has 0 heterocycles. The van der Waals surface area contributed by atoms with Crippen LogP contribution in [0.5, 0.6) is 5.75 Å². The van der Waals surface area contributed by atoms with Crippen molar-refractivity contribution in [3.63, 3.8) is 0 Å². The summed E-state index contributed by atoms with van der Waals surface area (Å²) in [6.45, 7) is 6.27. The van der Waals surface area contributed by atoms with Crippen molar-refractivity contribution in [2.24, 2.45) is 17.3 Å². The zero-order chi connectivity index (χ0) is 24.7. The summed E-state index contributed by atoms with van der Waals surface area (Å²) >= 11 is 0. The van der Waals surface area contributed by atoms with Crippen molar-refractivity contribution in [2.45, 2.75) is 63.9 Å². The molecule has 0 radical (unpaired) electrons. The minimum atomic E-state index is -0.122. The van der Waals surface area contributed by atoms with Crippen LogP contribution in [0.25, 0.3) is 0 Å². The van der Waals surface area contributed by atoms with Crippen molar-refractivity contribution >= 4 is 5.91 Å². The monoisotopic (exact) mass is 488 g/mol. The second-order valence-electron chi connectivity index (χ2n) is 10.7. The molecule has 7 nitrogen and oxygen atoms in total. The van der Waals surface area contributed by atoms with Crippen LogP contribution in [0.3, 0.4) is 0 Å². The first-order chi connectivity index (χ1) is 17.0. The third kappa shape index (κ3) is 6.37. The maximum atomic E-state index is 12.1. The van der Waals surface area contributed by atoms with Crippen molar-refractivity contribution in [1.29, 1.82) is 0 Å². The van der Waals surface area contributed by atoms with Crippen LogP contribution in [-0.4, -0.2) is 70.3 Å². The number of fused-ring (bicyclic) bond motifs is 5. The quantitative estimate of drug-likeness (QED) is 0.370. The molecule has 1 aromatic carbocycles. The van der Waals surface area contributed by atoms with E-state index in [2.05, 4.69) is 35.8 Å². The lowest BCUT2D eigenvalue weighted by Crippen LogP contribution is -2.43. The Morgan fingerprint density at radius 1 is 1.06 bits per heavy atom. The molecular weight excluding hydrogens is 444 g/mol. The number of hydrogen-bond acceptors (Lipinski definition) is 6. The van der Waals surface area contributed by atoms with Gasteiger partial charge in [-0.2, -0.15) is 0 Å². The van der Waals surface area contributed by atoms with Crippen LogP contribution < -0.4 is 15.4 Å². The summed E-state index contributed by atoms with van der Waals surface area (Å²) in [6.07, 6.45) is 6.95. The minimum Gasteiger partial charge on any atom is -0.493 e. The highest BCUT2D eigenvalue weighted by atomic mass is 16.5. The average molecular weight is 489 g/mol. The van der Waals surface area contributed by atoms with E-state index in [0.29, 0.717) is 63.8 Å². The fourth-order valence-corrected chi connectivity index (χ4v) is 6.73. The van der Waals surface area contributed by atoms with Crippen LogP contribution in [0, 0.1) is 17.3 Å². The Bertz CT molecular complexity index is 834. The van der Waals surface area contributed by atoms with Crippen LogP contribution in [-0.2, 0) is 20.7 Å². The molecule has 1 aromatic rings. The Hall–Kier alpha value is -1.67. The molecule has 0 spiro atoms. The highest BCUT2D eigenvalue weighted by Gasteiger charge is 2.54. The lowest BCUT2D eigenvalue weighted by molar-refractivity contribution is -0.121. The fraction of sp³-hybridized carbons (Fsp3) is 0.750. The van der Waals surface area contributed by atoms with E-state index in [1.807, 2.05) is 7.05 Å². The van der Waals surface area contributed by atoms with E-state index < -0.39 is 0 Å². The van der Waals surface area contributed by atoms with Gasteiger partial charge in [0, 0.05) is 13.1 Å². The van der Waals surface area contributed by atoms with Gasteiger partial charge in [-0.3, -0.25) is 4.79 Å². The molecule has 2 saturated carbocycles. The first kappa shape index (κ1) is 26.4. The SMILES string of the molecule is CNCCOCCOCCNC(=O)CCOc1ccc2c(c1)CCC1C2CCC2(C)C(O)CCC12. The van der Waals surface area contributed by atoms with Crippen molar-refractivity contribution in [1.82, 2.24) is 10.6 Å². The van der Waals surface area contributed by atoms with E-state index >= 15 is 0 Å². The van der Waals surface area contributed by atoms with Crippen molar-refractivity contribution in [3.05, 3.63) is 29.3 Å². The molecular formula is C28H44N2O5. The maximum absolute atomic E-state index is 12.1. The summed E-state index contributed by atoms with van der Waals surface area (Å²) in [4.78, 5) is 12.1. The Morgan fingerprint density at radius 3 is 2.66 bits per heavy atom. The van der Waals surface area contributed by atoms with Gasteiger partial charge in [0.1, 0.15) is 5.75 Å². The van der Waals surface area contributed by atoms with Crippen LogP contribution >= 0.6 is 0 Å². The molecule has 5 atom stereocenters. The van der Waals surface area contributed by atoms with Crippen molar-refractivity contribution in [2.75, 3.05) is 53.2 Å². The van der Waals surface area contributed by atoms with E-state index in [0.717, 1.165) is 31.6 Å². The van der Waals surface area contributed by atoms with E-state index in [1.54, 1.807) is 0 Å². The number of aryl methyl sites for hydroxylation is 1. The molecule has 0 saturated heterocycles. The number of nitrogens with one attached hydrogen (secondary N) is 2. The molecule has 5 unspecified atom stereocenters. The summed E-state index contributed by atoms with van der Waals surface area (Å²) in [6, 6.07) is 6.52. The molecule has 0 aliphatic heterocycles. The smallest absolute Gasteiger partial charge is 0.223 e. The highest BCUT2D eigenvalue weighted by Crippen LogP contribution is 2.60. The Kier molecular flexibility index (Phi) is 9.45. The number of hydrogen-bond donors (Lipinski definition) is 3. The van der Waals surface area contributed by atoms with Crippen molar-refractivity contribution in [3.8, 4) is 5.75 Å². The Balaban J connectivity index is 1.15. The topological polar surface area (TPSA) is 89.0 Å². The van der Waals surface area contributed by atoms with Gasteiger partial charge < -0.3 is 30.0 Å². The summed E-state index contributed by atoms with van der Waals surface area (Å²) in [5.74, 6) is 2.80. The van der Waals surface area contributed by atoms with E-state index in [-0.39, 0.29) is 17.4 Å². The van der Waals surface area contributed by atoms with Crippen LogP contribution in [0.4, 0.5) is 0 Å². The average Bonchev–Trinajstić information content (AvgIpc) is 3.17. The number of rotatable bonds is 13. The maximum Gasteiger partial charge on any atom is 0.223 e. The molecule has 1 amide bonds. The molecule has 3 aliphatic carbocycles. The Morgan fingerprint density at radius 2 is 1.86 bits per heavy atom. The van der Waals surface area contributed by atoms with Gasteiger partial charge in [-0.25, -0.2) is 0 Å². The van der Waals surface area contributed by atoms with Gasteiger partial charge in [0.2, 0.25) is 5.91 Å². The van der Waals surface area contributed by atoms with E-state index in [4.69, 9.17) is 14.2 Å². The predicted octanol–water partition coefficient (Wildman–Crippen LogP) is 3.04. The number of ether oxygens (including phenoxy) is 3. The zero-order valence-corrected chi connectivity index (χ0v) is 21.5. The fourth-order valence-electron chi connectivity index (χ4n) is 6.73. The van der Waals surface area contributed by atoms with E-state index in [9.17, 15) is 9.90 Å².